The van der Waals surface area contributed by atoms with Gasteiger partial charge in [0.05, 0.1) is 6.26 Å². The van der Waals surface area contributed by atoms with Gasteiger partial charge in [0.15, 0.2) is 5.76 Å². The van der Waals surface area contributed by atoms with Crippen LogP contribution in [0.15, 0.2) is 41.0 Å². The van der Waals surface area contributed by atoms with E-state index in [-0.39, 0.29) is 5.91 Å². The van der Waals surface area contributed by atoms with Crippen LogP contribution in [0.3, 0.4) is 0 Å². The van der Waals surface area contributed by atoms with Gasteiger partial charge in [0.1, 0.15) is 11.6 Å². The highest BCUT2D eigenvalue weighted by atomic mass is 16.3. The molecule has 3 heterocycles. The summed E-state index contributed by atoms with van der Waals surface area (Å²) in [5, 5.41) is 0. The molecule has 0 spiro atoms. The number of aryl methyl sites for hydroxylation is 4. The fraction of sp³-hybridized carbons (Fsp3) is 0.375. The van der Waals surface area contributed by atoms with Crippen LogP contribution in [0, 0.1) is 27.7 Å². The zero-order valence-electron chi connectivity index (χ0n) is 18.1. The van der Waals surface area contributed by atoms with Gasteiger partial charge in [-0.15, -0.1) is 0 Å². The number of nitrogens with zero attached hydrogens (tertiary/aromatic N) is 4. The van der Waals surface area contributed by atoms with Crippen LogP contribution >= 0.6 is 0 Å². The molecule has 0 saturated carbocycles. The highest BCUT2D eigenvalue weighted by Crippen LogP contribution is 2.27. The molecule has 1 fully saturated rings. The number of rotatable bonds is 4. The Balaban J connectivity index is 1.57. The molecule has 156 valence electrons. The average molecular weight is 405 g/mol. The minimum Gasteiger partial charge on any atom is -0.459 e. The van der Waals surface area contributed by atoms with Crippen molar-refractivity contribution in [2.24, 2.45) is 0 Å². The minimum atomic E-state index is -0.0506. The lowest BCUT2D eigenvalue weighted by Gasteiger charge is -2.36. The number of benzene rings is 1. The van der Waals surface area contributed by atoms with E-state index in [4.69, 9.17) is 9.40 Å². The maximum absolute atomic E-state index is 12.6. The van der Waals surface area contributed by atoms with E-state index in [2.05, 4.69) is 48.9 Å². The van der Waals surface area contributed by atoms with Crippen LogP contribution in [-0.2, 0) is 6.42 Å². The Kier molecular flexibility index (Phi) is 5.57. The first-order valence-corrected chi connectivity index (χ1v) is 10.4. The van der Waals surface area contributed by atoms with Gasteiger partial charge in [0.25, 0.3) is 5.91 Å². The normalized spacial score (nSPS) is 14.3. The maximum atomic E-state index is 12.6. The summed E-state index contributed by atoms with van der Waals surface area (Å²) in [6.45, 7) is 11.0. The summed E-state index contributed by atoms with van der Waals surface area (Å²) >= 11 is 0. The lowest BCUT2D eigenvalue weighted by atomic mass is 9.97. The first-order valence-electron chi connectivity index (χ1n) is 10.4. The van der Waals surface area contributed by atoms with Crippen LogP contribution in [0.5, 0.6) is 0 Å². The number of furan rings is 1. The van der Waals surface area contributed by atoms with E-state index < -0.39 is 0 Å². The monoisotopic (exact) mass is 404 g/mol. The Labute approximate surface area is 177 Å². The molecule has 1 aromatic carbocycles. The van der Waals surface area contributed by atoms with E-state index in [0.29, 0.717) is 18.8 Å². The molecular weight excluding hydrogens is 376 g/mol. The Bertz CT molecular complexity index is 1050. The average Bonchev–Trinajstić information content (AvgIpc) is 3.27. The Morgan fingerprint density at radius 3 is 2.50 bits per heavy atom. The molecule has 2 aromatic heterocycles. The van der Waals surface area contributed by atoms with Crippen molar-refractivity contribution in [2.75, 3.05) is 31.1 Å². The third-order valence-electron chi connectivity index (χ3n) is 5.77. The smallest absolute Gasteiger partial charge is 0.289 e. The van der Waals surface area contributed by atoms with Crippen LogP contribution in [0.25, 0.3) is 0 Å². The third-order valence-corrected chi connectivity index (χ3v) is 5.77. The summed E-state index contributed by atoms with van der Waals surface area (Å²) in [5.41, 5.74) is 6.03. The summed E-state index contributed by atoms with van der Waals surface area (Å²) in [5.74, 6) is 2.12. The number of carbonyl (C=O) groups excluding carboxylic acids is 1. The van der Waals surface area contributed by atoms with Crippen molar-refractivity contribution in [3.8, 4) is 0 Å². The zero-order chi connectivity index (χ0) is 21.3. The molecule has 30 heavy (non-hydrogen) atoms. The number of aromatic nitrogens is 2. The van der Waals surface area contributed by atoms with Crippen LogP contribution < -0.4 is 4.90 Å². The molecular formula is C24H28N4O2. The third kappa shape index (κ3) is 4.08. The molecule has 1 saturated heterocycles. The summed E-state index contributed by atoms with van der Waals surface area (Å²) < 4.78 is 5.27. The number of piperazine rings is 1. The predicted molar refractivity (Wildman–Crippen MR) is 117 cm³/mol. The standard InChI is InChI=1S/C24H28N4O2/c1-16-7-8-17(2)20(14-16)15-21-18(3)25-19(4)26-23(21)27-9-11-28(12-10-27)24(29)22-6-5-13-30-22/h5-8,13-14H,9-12,15H2,1-4H3. The van der Waals surface area contributed by atoms with E-state index in [1.807, 2.05) is 11.8 Å². The van der Waals surface area contributed by atoms with Crippen molar-refractivity contribution < 1.29 is 9.21 Å². The highest BCUT2D eigenvalue weighted by Gasteiger charge is 2.26. The summed E-state index contributed by atoms with van der Waals surface area (Å²) in [4.78, 5) is 26.2. The second-order valence-electron chi connectivity index (χ2n) is 8.02. The van der Waals surface area contributed by atoms with Crippen molar-refractivity contribution in [1.29, 1.82) is 0 Å². The van der Waals surface area contributed by atoms with E-state index in [1.54, 1.807) is 12.1 Å². The Hall–Kier alpha value is -3.15. The molecule has 1 aliphatic heterocycles. The molecule has 6 nitrogen and oxygen atoms in total. The SMILES string of the molecule is Cc1ccc(C)c(Cc2c(C)nc(C)nc2N2CCN(C(=O)c3ccco3)CC2)c1. The van der Waals surface area contributed by atoms with Gasteiger partial charge in [-0.25, -0.2) is 9.97 Å². The number of hydrogen-bond donors (Lipinski definition) is 0. The van der Waals surface area contributed by atoms with Gasteiger partial charge in [0.2, 0.25) is 0 Å². The molecule has 0 aliphatic carbocycles. The van der Waals surface area contributed by atoms with Gasteiger partial charge in [0, 0.05) is 43.9 Å². The molecule has 3 aromatic rings. The maximum Gasteiger partial charge on any atom is 0.289 e. The summed E-state index contributed by atoms with van der Waals surface area (Å²) in [7, 11) is 0. The minimum absolute atomic E-state index is 0.0506. The van der Waals surface area contributed by atoms with E-state index in [0.717, 1.165) is 36.8 Å². The molecule has 4 rings (SSSR count). The molecule has 1 aliphatic rings. The second kappa shape index (κ2) is 8.30. The molecule has 6 heteroatoms. The van der Waals surface area contributed by atoms with Crippen molar-refractivity contribution >= 4 is 11.7 Å². The number of hydrogen-bond acceptors (Lipinski definition) is 5. The largest absolute Gasteiger partial charge is 0.459 e. The first-order chi connectivity index (χ1) is 14.4. The van der Waals surface area contributed by atoms with E-state index in [1.165, 1.54) is 28.5 Å². The summed E-state index contributed by atoms with van der Waals surface area (Å²) in [6.07, 6.45) is 2.34. The molecule has 1 amide bonds. The van der Waals surface area contributed by atoms with Gasteiger partial charge in [-0.2, -0.15) is 0 Å². The zero-order valence-corrected chi connectivity index (χ0v) is 18.1. The summed E-state index contributed by atoms with van der Waals surface area (Å²) in [6, 6.07) is 10.0. The lowest BCUT2D eigenvalue weighted by molar-refractivity contribution is 0.0714. The predicted octanol–water partition coefficient (Wildman–Crippen LogP) is 3.86. The molecule has 0 atom stereocenters. The Morgan fingerprint density at radius 2 is 1.80 bits per heavy atom. The Morgan fingerprint density at radius 1 is 1.03 bits per heavy atom. The lowest BCUT2D eigenvalue weighted by Crippen LogP contribution is -2.49. The van der Waals surface area contributed by atoms with Gasteiger partial charge in [-0.05, 0) is 51.0 Å². The van der Waals surface area contributed by atoms with Crippen LogP contribution in [-0.4, -0.2) is 47.0 Å². The van der Waals surface area contributed by atoms with E-state index >= 15 is 0 Å². The first kappa shape index (κ1) is 20.1. The second-order valence-corrected chi connectivity index (χ2v) is 8.02. The van der Waals surface area contributed by atoms with Crippen molar-refractivity contribution in [1.82, 2.24) is 14.9 Å². The fourth-order valence-corrected chi connectivity index (χ4v) is 4.04. The van der Waals surface area contributed by atoms with Crippen molar-refractivity contribution in [2.45, 2.75) is 34.1 Å². The van der Waals surface area contributed by atoms with Crippen molar-refractivity contribution in [3.63, 3.8) is 0 Å². The topological polar surface area (TPSA) is 62.5 Å². The highest BCUT2D eigenvalue weighted by molar-refractivity contribution is 5.91. The fourth-order valence-electron chi connectivity index (χ4n) is 4.04. The molecule has 0 bridgehead atoms. The van der Waals surface area contributed by atoms with Crippen LogP contribution in [0.1, 0.15) is 44.3 Å². The number of anilines is 1. The van der Waals surface area contributed by atoms with Crippen LogP contribution in [0.2, 0.25) is 0 Å². The van der Waals surface area contributed by atoms with Crippen LogP contribution in [0.4, 0.5) is 5.82 Å². The van der Waals surface area contributed by atoms with Gasteiger partial charge < -0.3 is 14.2 Å². The molecule has 0 N–H and O–H groups in total. The number of amides is 1. The quantitative estimate of drug-likeness (QED) is 0.661. The van der Waals surface area contributed by atoms with Gasteiger partial charge in [-0.3, -0.25) is 4.79 Å². The van der Waals surface area contributed by atoms with Crippen molar-refractivity contribution in [3.05, 3.63) is 76.1 Å². The van der Waals surface area contributed by atoms with Gasteiger partial charge >= 0.3 is 0 Å². The molecule has 0 unspecified atom stereocenters. The number of carbonyl (C=O) groups is 1. The van der Waals surface area contributed by atoms with E-state index in [9.17, 15) is 4.79 Å². The molecule has 0 radical (unpaired) electrons. The van der Waals surface area contributed by atoms with Gasteiger partial charge in [-0.1, -0.05) is 23.8 Å².